The molecule has 1 rings (SSSR count). The molecule has 0 fully saturated rings. The van der Waals surface area contributed by atoms with Crippen molar-refractivity contribution >= 4 is 11.7 Å². The maximum atomic E-state index is 10.6. The lowest BCUT2D eigenvalue weighted by Crippen LogP contribution is -2.28. The summed E-state index contributed by atoms with van der Waals surface area (Å²) >= 11 is 0. The minimum Gasteiger partial charge on any atom is -0.481 e. The van der Waals surface area contributed by atoms with Gasteiger partial charge in [0.15, 0.2) is 0 Å². The number of hydrogen-bond acceptors (Lipinski definition) is 2. The number of nitrogens with zero attached hydrogens (tertiary/aromatic N) is 1. The van der Waals surface area contributed by atoms with E-state index < -0.39 is 5.97 Å². The summed E-state index contributed by atoms with van der Waals surface area (Å²) in [7, 11) is 0. The fourth-order valence-corrected chi connectivity index (χ4v) is 1.90. The maximum absolute atomic E-state index is 10.6. The number of carbonyl (C=O) groups is 1. The van der Waals surface area contributed by atoms with Crippen molar-refractivity contribution in [3.8, 4) is 0 Å². The summed E-state index contributed by atoms with van der Waals surface area (Å²) in [6.07, 6.45) is 2.02. The lowest BCUT2D eigenvalue weighted by molar-refractivity contribution is -0.137. The van der Waals surface area contributed by atoms with Crippen LogP contribution in [0.2, 0.25) is 0 Å². The van der Waals surface area contributed by atoms with Gasteiger partial charge in [-0.2, -0.15) is 0 Å². The van der Waals surface area contributed by atoms with Crippen molar-refractivity contribution < 1.29 is 9.90 Å². The van der Waals surface area contributed by atoms with E-state index in [2.05, 4.69) is 37.8 Å². The quantitative estimate of drug-likeness (QED) is 0.813. The molecule has 0 aliphatic rings. The standard InChI is InChI=1S/C16H25NO2/c1-16(2,3)11-13-17(12-7-10-15(18)19)14-8-5-4-6-9-14/h4-6,8-9H,7,10-13H2,1-3H3,(H,18,19). The van der Waals surface area contributed by atoms with Gasteiger partial charge in [0.05, 0.1) is 0 Å². The van der Waals surface area contributed by atoms with Crippen LogP contribution in [0.3, 0.4) is 0 Å². The zero-order valence-electron chi connectivity index (χ0n) is 12.2. The van der Waals surface area contributed by atoms with E-state index in [4.69, 9.17) is 5.11 Å². The molecule has 3 nitrogen and oxygen atoms in total. The largest absolute Gasteiger partial charge is 0.481 e. The smallest absolute Gasteiger partial charge is 0.303 e. The van der Waals surface area contributed by atoms with Crippen LogP contribution in [0, 0.1) is 5.41 Å². The van der Waals surface area contributed by atoms with Gasteiger partial charge in [0.2, 0.25) is 0 Å². The fourth-order valence-electron chi connectivity index (χ4n) is 1.90. The Hall–Kier alpha value is -1.51. The number of para-hydroxylation sites is 1. The van der Waals surface area contributed by atoms with Crippen LogP contribution in [0.1, 0.15) is 40.0 Å². The summed E-state index contributed by atoms with van der Waals surface area (Å²) in [6, 6.07) is 10.2. The third kappa shape index (κ3) is 6.85. The molecule has 0 atom stereocenters. The van der Waals surface area contributed by atoms with Gasteiger partial charge in [0.25, 0.3) is 0 Å². The van der Waals surface area contributed by atoms with Crippen molar-refractivity contribution in [2.75, 3.05) is 18.0 Å². The van der Waals surface area contributed by atoms with E-state index in [1.807, 2.05) is 18.2 Å². The van der Waals surface area contributed by atoms with Gasteiger partial charge in [-0.05, 0) is 30.4 Å². The number of hydrogen-bond donors (Lipinski definition) is 1. The number of rotatable bonds is 7. The van der Waals surface area contributed by atoms with Crippen LogP contribution < -0.4 is 4.90 Å². The monoisotopic (exact) mass is 263 g/mol. The SMILES string of the molecule is CC(C)(C)CCN(CCCC(=O)O)c1ccccc1. The molecule has 0 unspecified atom stereocenters. The average Bonchev–Trinajstić information content (AvgIpc) is 2.33. The second-order valence-corrected chi connectivity index (χ2v) is 6.13. The Labute approximate surface area is 116 Å². The molecule has 19 heavy (non-hydrogen) atoms. The van der Waals surface area contributed by atoms with Crippen molar-refractivity contribution in [1.29, 1.82) is 0 Å². The van der Waals surface area contributed by atoms with Crippen LogP contribution in [-0.2, 0) is 4.79 Å². The zero-order chi connectivity index (χ0) is 14.3. The molecule has 0 saturated carbocycles. The number of carboxylic acid groups (broad SMARTS) is 1. The second kappa shape index (κ2) is 7.17. The summed E-state index contributed by atoms with van der Waals surface area (Å²) in [5.74, 6) is -0.719. The van der Waals surface area contributed by atoms with Gasteiger partial charge < -0.3 is 10.0 Å². The van der Waals surface area contributed by atoms with Crippen molar-refractivity contribution in [3.63, 3.8) is 0 Å². The predicted molar refractivity (Wildman–Crippen MR) is 79.6 cm³/mol. The Bertz CT molecular complexity index is 381. The Morgan fingerprint density at radius 2 is 1.79 bits per heavy atom. The second-order valence-electron chi connectivity index (χ2n) is 6.13. The van der Waals surface area contributed by atoms with Crippen molar-refractivity contribution in [2.24, 2.45) is 5.41 Å². The van der Waals surface area contributed by atoms with E-state index in [0.717, 1.165) is 19.5 Å². The molecule has 3 heteroatoms. The highest BCUT2D eigenvalue weighted by atomic mass is 16.4. The van der Waals surface area contributed by atoms with Crippen LogP contribution in [0.25, 0.3) is 0 Å². The normalized spacial score (nSPS) is 11.3. The van der Waals surface area contributed by atoms with Gasteiger partial charge in [0, 0.05) is 25.2 Å². The highest BCUT2D eigenvalue weighted by molar-refractivity contribution is 5.66. The lowest BCUT2D eigenvalue weighted by Gasteiger charge is -2.28. The summed E-state index contributed by atoms with van der Waals surface area (Å²) < 4.78 is 0. The Morgan fingerprint density at radius 1 is 1.16 bits per heavy atom. The summed E-state index contributed by atoms with van der Waals surface area (Å²) in [6.45, 7) is 8.45. The van der Waals surface area contributed by atoms with Crippen LogP contribution in [-0.4, -0.2) is 24.2 Å². The molecular weight excluding hydrogens is 238 g/mol. The summed E-state index contributed by atoms with van der Waals surface area (Å²) in [5.41, 5.74) is 1.47. The highest BCUT2D eigenvalue weighted by Gasteiger charge is 2.14. The first-order chi connectivity index (χ1) is 8.88. The van der Waals surface area contributed by atoms with Gasteiger partial charge in [-0.25, -0.2) is 0 Å². The third-order valence-corrected chi connectivity index (χ3v) is 3.07. The molecule has 1 aromatic carbocycles. The van der Waals surface area contributed by atoms with E-state index >= 15 is 0 Å². The fraction of sp³-hybridized carbons (Fsp3) is 0.562. The molecule has 0 aliphatic carbocycles. The van der Waals surface area contributed by atoms with Crippen LogP contribution in [0.4, 0.5) is 5.69 Å². The average molecular weight is 263 g/mol. The van der Waals surface area contributed by atoms with E-state index in [0.29, 0.717) is 11.8 Å². The molecule has 0 aliphatic heterocycles. The Balaban J connectivity index is 2.60. The van der Waals surface area contributed by atoms with Crippen LogP contribution in [0.5, 0.6) is 0 Å². The Kier molecular flexibility index (Phi) is 5.87. The van der Waals surface area contributed by atoms with E-state index in [9.17, 15) is 4.79 Å². The lowest BCUT2D eigenvalue weighted by atomic mass is 9.92. The summed E-state index contributed by atoms with van der Waals surface area (Å²) in [4.78, 5) is 12.9. The number of aliphatic carboxylic acids is 1. The molecule has 0 radical (unpaired) electrons. The molecule has 0 aromatic heterocycles. The number of anilines is 1. The third-order valence-electron chi connectivity index (χ3n) is 3.07. The van der Waals surface area contributed by atoms with Crippen LogP contribution >= 0.6 is 0 Å². The Morgan fingerprint density at radius 3 is 2.32 bits per heavy atom. The zero-order valence-corrected chi connectivity index (χ0v) is 12.2. The van der Waals surface area contributed by atoms with E-state index in [1.54, 1.807) is 0 Å². The maximum Gasteiger partial charge on any atom is 0.303 e. The highest BCUT2D eigenvalue weighted by Crippen LogP contribution is 2.22. The van der Waals surface area contributed by atoms with Crippen molar-refractivity contribution in [1.82, 2.24) is 0 Å². The topological polar surface area (TPSA) is 40.5 Å². The van der Waals surface area contributed by atoms with Gasteiger partial charge in [-0.3, -0.25) is 4.79 Å². The van der Waals surface area contributed by atoms with Crippen LogP contribution in [0.15, 0.2) is 30.3 Å². The summed E-state index contributed by atoms with van der Waals surface area (Å²) in [5, 5.41) is 8.74. The molecule has 0 heterocycles. The molecular formula is C16H25NO2. The minimum atomic E-state index is -0.719. The molecule has 106 valence electrons. The molecule has 0 spiro atoms. The van der Waals surface area contributed by atoms with Gasteiger partial charge >= 0.3 is 5.97 Å². The first kappa shape index (κ1) is 15.5. The molecule has 1 aromatic rings. The molecule has 0 saturated heterocycles. The van der Waals surface area contributed by atoms with E-state index in [-0.39, 0.29) is 6.42 Å². The van der Waals surface area contributed by atoms with Gasteiger partial charge in [-0.1, -0.05) is 39.0 Å². The van der Waals surface area contributed by atoms with Crippen molar-refractivity contribution in [3.05, 3.63) is 30.3 Å². The first-order valence-corrected chi connectivity index (χ1v) is 6.90. The molecule has 0 amide bonds. The van der Waals surface area contributed by atoms with Crippen molar-refractivity contribution in [2.45, 2.75) is 40.0 Å². The first-order valence-electron chi connectivity index (χ1n) is 6.90. The predicted octanol–water partition coefficient (Wildman–Crippen LogP) is 3.79. The molecule has 1 N–H and O–H groups in total. The van der Waals surface area contributed by atoms with E-state index in [1.165, 1.54) is 5.69 Å². The number of carboxylic acids is 1. The molecule has 0 bridgehead atoms. The number of benzene rings is 1. The van der Waals surface area contributed by atoms with Gasteiger partial charge in [-0.15, -0.1) is 0 Å². The van der Waals surface area contributed by atoms with Gasteiger partial charge in [0.1, 0.15) is 0 Å². The minimum absolute atomic E-state index is 0.235.